The second-order valence-corrected chi connectivity index (χ2v) is 2.83. The van der Waals surface area contributed by atoms with Gasteiger partial charge in [0.05, 0.1) is 0 Å². The topological polar surface area (TPSA) is 136 Å². The van der Waals surface area contributed by atoms with Crippen molar-refractivity contribution in [2.75, 3.05) is 26.2 Å². The molecule has 0 saturated heterocycles. The number of nitrogens with two attached hydrogens (primary N) is 4. The first-order chi connectivity index (χ1) is 5.24. The van der Waals surface area contributed by atoms with Crippen LogP contribution in [0.4, 0.5) is 0 Å². The maximum absolute atomic E-state index is 4.90. The molecule has 0 radical (unpaired) electrons. The minimum Gasteiger partial charge on any atom is 0 e. The van der Waals surface area contributed by atoms with Crippen molar-refractivity contribution in [1.82, 2.24) is 0 Å². The molecule has 94 valence electrons. The summed E-state index contributed by atoms with van der Waals surface area (Å²) < 4.78 is 0. The Labute approximate surface area is 104 Å². The monoisotopic (exact) mass is 324 g/mol. The summed E-state index contributed by atoms with van der Waals surface area (Å²) in [5, 5.41) is 0. The second-order valence-electron chi connectivity index (χ2n) is 1.20. The molecule has 0 aliphatic rings. The molecule has 0 aromatic heterocycles. The van der Waals surface area contributed by atoms with E-state index in [-0.39, 0.29) is 22.0 Å². The van der Waals surface area contributed by atoms with E-state index in [1.807, 2.05) is 0 Å². The summed E-state index contributed by atoms with van der Waals surface area (Å²) in [6, 6.07) is 0. The molecule has 9 heteroatoms. The molecule has 0 aromatic rings. The van der Waals surface area contributed by atoms with Gasteiger partial charge in [-0.05, 0) is 0 Å². The van der Waals surface area contributed by atoms with E-state index in [9.17, 15) is 0 Å². The van der Waals surface area contributed by atoms with E-state index in [4.69, 9.17) is 43.3 Å². The molecule has 0 amide bonds. The molecule has 0 bridgehead atoms. The Balaban J connectivity index is -0.0000000231. The Morgan fingerprint density at radius 3 is 0.846 bits per heavy atom. The molecule has 0 rings (SSSR count). The van der Waals surface area contributed by atoms with Gasteiger partial charge in [-0.2, -0.15) is 0 Å². The van der Waals surface area contributed by atoms with Crippen molar-refractivity contribution in [2.45, 2.75) is 0 Å². The van der Waals surface area contributed by atoms with E-state index in [1.54, 1.807) is 0 Å². The van der Waals surface area contributed by atoms with Crippen molar-refractivity contribution < 1.29 is 34.6 Å². The summed E-state index contributed by atoms with van der Waals surface area (Å²) in [5.74, 6) is 0. The molecule has 0 aliphatic carbocycles. The van der Waals surface area contributed by atoms with Crippen LogP contribution >= 0.6 is 20.4 Å². The molecule has 0 aliphatic heterocycles. The van der Waals surface area contributed by atoms with Gasteiger partial charge in [0.1, 0.15) is 0 Å². The zero-order chi connectivity index (χ0) is 9.54. The average Bonchev–Trinajstić information content (AvgIpc) is 2.06. The Kier molecular flexibility index (Phi) is 113. The van der Waals surface area contributed by atoms with E-state index in [0.29, 0.717) is 38.8 Å². The molecule has 0 atom stereocenters. The molecule has 13 heavy (non-hydrogen) atoms. The Morgan fingerprint density at radius 1 is 0.769 bits per heavy atom. The van der Waals surface area contributed by atoms with Crippen LogP contribution in [0.1, 0.15) is 0 Å². The molecule has 0 unspecified atom stereocenters. The number of halogens is 2. The number of rotatable bonds is 2. The zero-order valence-corrected chi connectivity index (χ0v) is 10.5. The average molecular weight is 327 g/mol. The van der Waals surface area contributed by atoms with Gasteiger partial charge < -0.3 is 28.4 Å². The predicted octanol–water partition coefficient (Wildman–Crippen LogP) is -1.64. The second kappa shape index (κ2) is 50.4. The van der Waals surface area contributed by atoms with Crippen LogP contribution in [0.15, 0.2) is 0 Å². The van der Waals surface area contributed by atoms with Crippen LogP contribution in [0.2, 0.25) is 0 Å². The molecule has 10 N–H and O–H groups in total. The fraction of sp³-hybridized carbons (Fsp3) is 1.00. The first-order valence-corrected chi connectivity index (χ1v) is 5.59. The van der Waals surface area contributed by atoms with Crippen LogP contribution in [-0.2, 0) is 29.1 Å². The van der Waals surface area contributed by atoms with Crippen LogP contribution < -0.4 is 22.9 Å². The Hall–Kier alpha value is 1.37. The number of hydrogen-bond donors (Lipinski definition) is 4. The predicted molar refractivity (Wildman–Crippen MR) is 51.5 cm³/mol. The van der Waals surface area contributed by atoms with Gasteiger partial charge in [0, 0.05) is 42.7 Å². The maximum Gasteiger partial charge on any atom is 0 e. The molecule has 0 saturated carbocycles. The molecule has 0 fully saturated rings. The molecule has 0 spiro atoms. The van der Waals surface area contributed by atoms with Gasteiger partial charge in [-0.3, -0.25) is 0 Å². The normalized spacial score (nSPS) is 6.31. The van der Waals surface area contributed by atoms with Crippen LogP contribution in [-0.4, -0.2) is 31.7 Å². The minimum atomic E-state index is 0. The van der Waals surface area contributed by atoms with Gasteiger partial charge in [0.15, 0.2) is 0 Å². The first kappa shape index (κ1) is 29.3. The van der Waals surface area contributed by atoms with E-state index >= 15 is 0 Å². The summed E-state index contributed by atoms with van der Waals surface area (Å²) in [7, 11) is 9.40. The summed E-state index contributed by atoms with van der Waals surface area (Å²) in [4.78, 5) is 0. The van der Waals surface area contributed by atoms with Crippen molar-refractivity contribution in [3.8, 4) is 0 Å². The van der Waals surface area contributed by atoms with Crippen molar-refractivity contribution >= 4 is 20.4 Å². The SMILES string of the molecule is NCCN.NCCN.O.[Cl][Ni][Cl].[Ni]. The van der Waals surface area contributed by atoms with E-state index in [1.165, 1.54) is 0 Å². The van der Waals surface area contributed by atoms with E-state index in [2.05, 4.69) is 0 Å². The Bertz CT molecular complexity index is 43.3. The standard InChI is InChI=1S/2C2H8N2.2ClH.2Ni.H2O/c2*3-1-2-4;;;;;/h2*1-4H2;2*1H;;;1H2/q;;;;;+2;/p-2. The van der Waals surface area contributed by atoms with Crippen LogP contribution in [0.5, 0.6) is 0 Å². The van der Waals surface area contributed by atoms with Crippen molar-refractivity contribution in [3.05, 3.63) is 0 Å². The summed E-state index contributed by atoms with van der Waals surface area (Å²) >= 11 is 0.569. The van der Waals surface area contributed by atoms with Gasteiger partial charge in [-0.1, -0.05) is 0 Å². The third-order valence-electron chi connectivity index (χ3n) is 0.333. The first-order valence-electron chi connectivity index (χ1n) is 2.87. The molecule has 0 aromatic carbocycles. The smallest absolute Gasteiger partial charge is 0 e. The van der Waals surface area contributed by atoms with Gasteiger partial charge in [0.2, 0.25) is 0 Å². The molecule has 5 nitrogen and oxygen atoms in total. The number of hydrogen-bond acceptors (Lipinski definition) is 4. The van der Waals surface area contributed by atoms with Gasteiger partial charge in [-0.25, -0.2) is 0 Å². The summed E-state index contributed by atoms with van der Waals surface area (Å²) in [5.41, 5.74) is 19.6. The van der Waals surface area contributed by atoms with Crippen LogP contribution in [0, 0.1) is 0 Å². The van der Waals surface area contributed by atoms with Gasteiger partial charge >= 0.3 is 33.0 Å². The summed E-state index contributed by atoms with van der Waals surface area (Å²) in [6.07, 6.45) is 0. The quantitative estimate of drug-likeness (QED) is 0.452. The van der Waals surface area contributed by atoms with Crippen molar-refractivity contribution in [3.63, 3.8) is 0 Å². The third-order valence-corrected chi connectivity index (χ3v) is 0.333. The minimum absolute atomic E-state index is 0. The Morgan fingerprint density at radius 2 is 0.846 bits per heavy atom. The van der Waals surface area contributed by atoms with Crippen LogP contribution in [0.3, 0.4) is 0 Å². The van der Waals surface area contributed by atoms with Crippen molar-refractivity contribution in [1.29, 1.82) is 0 Å². The van der Waals surface area contributed by atoms with E-state index in [0.717, 1.165) is 0 Å². The molecule has 0 heterocycles. The maximum atomic E-state index is 4.90. The fourth-order valence-corrected chi connectivity index (χ4v) is 0. The fourth-order valence-electron chi connectivity index (χ4n) is 0. The summed E-state index contributed by atoms with van der Waals surface area (Å²) in [6.45, 7) is 2.39. The third kappa shape index (κ3) is 152. The molecular formula is C4H18Cl2N4Ni2O. The largest absolute Gasteiger partial charge is 0 e. The molecular weight excluding hydrogens is 308 g/mol. The van der Waals surface area contributed by atoms with Crippen LogP contribution in [0.25, 0.3) is 0 Å². The van der Waals surface area contributed by atoms with Gasteiger partial charge in [-0.15, -0.1) is 0 Å². The van der Waals surface area contributed by atoms with Crippen molar-refractivity contribution in [2.24, 2.45) is 22.9 Å². The van der Waals surface area contributed by atoms with Gasteiger partial charge in [0.25, 0.3) is 0 Å². The van der Waals surface area contributed by atoms with E-state index < -0.39 is 0 Å². The zero-order valence-electron chi connectivity index (χ0n) is 7.03.